The molecule has 0 aliphatic rings. The van der Waals surface area contributed by atoms with Crippen LogP contribution >= 0.6 is 11.7 Å². The summed E-state index contributed by atoms with van der Waals surface area (Å²) in [4.78, 5) is 16.1. The van der Waals surface area contributed by atoms with Gasteiger partial charge < -0.3 is 9.80 Å². The number of sulfonamides is 1. The van der Waals surface area contributed by atoms with Gasteiger partial charge in [0.15, 0.2) is 0 Å². The molecule has 0 saturated heterocycles. The molecule has 2 aromatic rings. The summed E-state index contributed by atoms with van der Waals surface area (Å²) in [5.41, 5.74) is 1.73. The van der Waals surface area contributed by atoms with Crippen molar-refractivity contribution in [3.63, 3.8) is 0 Å². The van der Waals surface area contributed by atoms with Crippen LogP contribution in [0.4, 0.5) is 5.69 Å². The van der Waals surface area contributed by atoms with E-state index in [0.29, 0.717) is 24.1 Å². The number of carbonyl (C=O) groups is 1. The lowest BCUT2D eigenvalue weighted by Gasteiger charge is -2.25. The van der Waals surface area contributed by atoms with Gasteiger partial charge in [-0.2, -0.15) is 8.75 Å². The lowest BCUT2D eigenvalue weighted by molar-refractivity contribution is -0.133. The Bertz CT molecular complexity index is 910. The number of carbonyl (C=O) groups excluding carboxylic acids is 1. The van der Waals surface area contributed by atoms with Gasteiger partial charge in [0.25, 0.3) is 0 Å². The Morgan fingerprint density at radius 1 is 1.11 bits per heavy atom. The van der Waals surface area contributed by atoms with Gasteiger partial charge >= 0.3 is 0 Å². The molecular formula is C17H27N5O3S2. The molecule has 2 rings (SSSR count). The van der Waals surface area contributed by atoms with Crippen LogP contribution in [0, 0.1) is 5.92 Å². The van der Waals surface area contributed by atoms with Gasteiger partial charge in [0.05, 0.1) is 17.4 Å². The highest BCUT2D eigenvalue weighted by Gasteiger charge is 2.24. The van der Waals surface area contributed by atoms with Gasteiger partial charge in [-0.15, -0.1) is 0 Å². The smallest absolute Gasteiger partial charge is 0.244 e. The van der Waals surface area contributed by atoms with Crippen LogP contribution in [0.3, 0.4) is 0 Å². The van der Waals surface area contributed by atoms with Crippen molar-refractivity contribution in [2.24, 2.45) is 5.92 Å². The minimum absolute atomic E-state index is 0.00489. The molecule has 0 bridgehead atoms. The monoisotopic (exact) mass is 413 g/mol. The Morgan fingerprint density at radius 3 is 2.33 bits per heavy atom. The summed E-state index contributed by atoms with van der Waals surface area (Å²) in [6.45, 7) is 5.09. The second-order valence-electron chi connectivity index (χ2n) is 6.82. The van der Waals surface area contributed by atoms with Crippen molar-refractivity contribution in [3.8, 4) is 0 Å². The average molecular weight is 414 g/mol. The van der Waals surface area contributed by atoms with Gasteiger partial charge in [-0.05, 0) is 18.6 Å². The predicted octanol–water partition coefficient (Wildman–Crippen LogP) is 1.88. The molecule has 0 saturated carbocycles. The maximum Gasteiger partial charge on any atom is 0.244 e. The third-order valence-electron chi connectivity index (χ3n) is 4.71. The van der Waals surface area contributed by atoms with Crippen LogP contribution in [0.2, 0.25) is 0 Å². The number of rotatable bonds is 8. The maximum absolute atomic E-state index is 12.5. The highest BCUT2D eigenvalue weighted by molar-refractivity contribution is 7.89. The van der Waals surface area contributed by atoms with Gasteiger partial charge in [-0.1, -0.05) is 13.8 Å². The molecule has 150 valence electrons. The lowest BCUT2D eigenvalue weighted by atomic mass is 10.1. The first-order chi connectivity index (χ1) is 12.6. The van der Waals surface area contributed by atoms with Crippen molar-refractivity contribution in [1.29, 1.82) is 0 Å². The van der Waals surface area contributed by atoms with E-state index in [2.05, 4.69) is 8.75 Å². The lowest BCUT2D eigenvalue weighted by Crippen LogP contribution is -2.37. The molecule has 0 spiro atoms. The van der Waals surface area contributed by atoms with Crippen molar-refractivity contribution >= 4 is 44.4 Å². The number of hydrogen-bond donors (Lipinski definition) is 0. The van der Waals surface area contributed by atoms with Crippen LogP contribution in [0.25, 0.3) is 11.0 Å². The molecule has 1 unspecified atom stereocenters. The van der Waals surface area contributed by atoms with Crippen LogP contribution in [0.1, 0.15) is 20.3 Å². The Morgan fingerprint density at radius 2 is 1.74 bits per heavy atom. The Balaban J connectivity index is 2.25. The van der Waals surface area contributed by atoms with Gasteiger partial charge in [0.2, 0.25) is 15.9 Å². The van der Waals surface area contributed by atoms with Crippen molar-refractivity contribution in [3.05, 3.63) is 12.1 Å². The van der Waals surface area contributed by atoms with Crippen molar-refractivity contribution in [1.82, 2.24) is 18.0 Å². The van der Waals surface area contributed by atoms with Crippen LogP contribution in [-0.4, -0.2) is 73.6 Å². The summed E-state index contributed by atoms with van der Waals surface area (Å²) >= 11 is 0.988. The summed E-state index contributed by atoms with van der Waals surface area (Å²) in [6, 6.07) is 3.32. The number of anilines is 1. The third kappa shape index (κ3) is 4.39. The van der Waals surface area contributed by atoms with Gasteiger partial charge in [-0.3, -0.25) is 4.79 Å². The normalized spacial score (nSPS) is 13.1. The van der Waals surface area contributed by atoms with E-state index in [4.69, 9.17) is 0 Å². The molecular weight excluding hydrogens is 386 g/mol. The van der Waals surface area contributed by atoms with E-state index in [1.54, 1.807) is 24.1 Å². The third-order valence-corrected chi connectivity index (χ3v) is 7.08. The summed E-state index contributed by atoms with van der Waals surface area (Å²) in [7, 11) is 3.08. The number of hydrogen-bond acceptors (Lipinski definition) is 7. The first-order valence-corrected chi connectivity index (χ1v) is 10.9. The Labute approximate surface area is 165 Å². The minimum Gasteiger partial charge on any atom is -0.371 e. The molecule has 1 aromatic carbocycles. The number of amides is 1. The fraction of sp³-hybridized carbons (Fsp3) is 0.588. The topological polar surface area (TPSA) is 86.7 Å². The van der Waals surface area contributed by atoms with E-state index in [0.717, 1.165) is 23.8 Å². The van der Waals surface area contributed by atoms with Crippen molar-refractivity contribution in [2.75, 3.05) is 46.2 Å². The quantitative estimate of drug-likeness (QED) is 0.657. The Kier molecular flexibility index (Phi) is 6.77. The maximum atomic E-state index is 12.5. The molecule has 0 N–H and O–H groups in total. The summed E-state index contributed by atoms with van der Waals surface area (Å²) in [5.74, 6) is 0.129. The first-order valence-electron chi connectivity index (χ1n) is 8.75. The minimum atomic E-state index is -3.60. The molecule has 1 amide bonds. The van der Waals surface area contributed by atoms with Crippen LogP contribution in [0.5, 0.6) is 0 Å². The van der Waals surface area contributed by atoms with Crippen LogP contribution < -0.4 is 4.90 Å². The second kappa shape index (κ2) is 8.49. The predicted molar refractivity (Wildman–Crippen MR) is 109 cm³/mol. The number of benzene rings is 1. The zero-order chi connectivity index (χ0) is 20.4. The SMILES string of the molecule is CCC(C)C(=O)N(C)CCN(C)c1ccc(S(=O)(=O)N(C)C)c2nsnc12. The highest BCUT2D eigenvalue weighted by atomic mass is 32.2. The summed E-state index contributed by atoms with van der Waals surface area (Å²) < 4.78 is 34.7. The molecule has 0 aliphatic heterocycles. The number of fused-ring (bicyclic) bond motifs is 1. The average Bonchev–Trinajstić information content (AvgIpc) is 3.12. The van der Waals surface area contributed by atoms with E-state index in [1.807, 2.05) is 25.8 Å². The molecule has 10 heteroatoms. The number of aromatic nitrogens is 2. The molecule has 1 atom stereocenters. The largest absolute Gasteiger partial charge is 0.371 e. The zero-order valence-corrected chi connectivity index (χ0v) is 18.3. The fourth-order valence-electron chi connectivity index (χ4n) is 2.63. The molecule has 0 aliphatic carbocycles. The van der Waals surface area contributed by atoms with Crippen LogP contribution in [-0.2, 0) is 14.8 Å². The second-order valence-corrected chi connectivity index (χ2v) is 9.47. The van der Waals surface area contributed by atoms with E-state index >= 15 is 0 Å². The first kappa shape index (κ1) is 21.5. The zero-order valence-electron chi connectivity index (χ0n) is 16.6. The van der Waals surface area contributed by atoms with E-state index in [9.17, 15) is 13.2 Å². The van der Waals surface area contributed by atoms with E-state index in [1.165, 1.54) is 18.4 Å². The highest BCUT2D eigenvalue weighted by Crippen LogP contribution is 2.30. The molecule has 8 nitrogen and oxygen atoms in total. The summed E-state index contributed by atoms with van der Waals surface area (Å²) in [5, 5.41) is 0. The van der Waals surface area contributed by atoms with Gasteiger partial charge in [-0.25, -0.2) is 12.7 Å². The molecule has 27 heavy (non-hydrogen) atoms. The Hall–Kier alpha value is -1.78. The van der Waals surface area contributed by atoms with Crippen molar-refractivity contribution in [2.45, 2.75) is 25.2 Å². The van der Waals surface area contributed by atoms with Gasteiger partial charge in [0, 0.05) is 47.2 Å². The standard InChI is InChI=1S/C17H27N5O3S2/c1-7-12(2)17(23)22(6)11-10-21(5)13-8-9-14(27(24,25)20(3)4)16-15(13)18-26-19-16/h8-9,12H,7,10-11H2,1-6H3. The molecule has 0 fully saturated rings. The van der Waals surface area contributed by atoms with Gasteiger partial charge in [0.1, 0.15) is 15.9 Å². The van der Waals surface area contributed by atoms with Crippen LogP contribution in [0.15, 0.2) is 17.0 Å². The molecule has 0 radical (unpaired) electrons. The van der Waals surface area contributed by atoms with Crippen molar-refractivity contribution < 1.29 is 13.2 Å². The van der Waals surface area contributed by atoms with E-state index in [-0.39, 0.29) is 16.7 Å². The number of likely N-dealkylation sites (N-methyl/N-ethyl adjacent to an activating group) is 2. The molecule has 1 aromatic heterocycles. The summed E-state index contributed by atoms with van der Waals surface area (Å²) in [6.07, 6.45) is 0.811. The molecule has 1 heterocycles. The fourth-order valence-corrected chi connectivity index (χ4v) is 4.27. The number of nitrogens with zero attached hydrogens (tertiary/aromatic N) is 5. The van der Waals surface area contributed by atoms with E-state index < -0.39 is 10.0 Å².